The van der Waals surface area contributed by atoms with Crippen molar-refractivity contribution >= 4 is 35.8 Å². The summed E-state index contributed by atoms with van der Waals surface area (Å²) in [4.78, 5) is 18.2. The molecule has 2 aromatic rings. The third-order valence-electron chi connectivity index (χ3n) is 4.62. The molecular formula is C23H33IN4O4. The molecule has 0 spiro atoms. The standard InChI is InChI=1S/C23H32N4O4.HI/c1-7-24-23(25-14-16-8-10-17(11-9-16)22(28)27(2)3)26-15-19-20(30-5)12-18(29-4)13-21(19)31-6;/h8-13H,7,14-15H2,1-6H3,(H2,24,25,26);1H. The van der Waals surface area contributed by atoms with Crippen LogP contribution in [-0.4, -0.2) is 58.7 Å². The Bertz CT molecular complexity index is 876. The lowest BCUT2D eigenvalue weighted by atomic mass is 10.1. The smallest absolute Gasteiger partial charge is 0.253 e. The Morgan fingerprint density at radius 3 is 2.03 bits per heavy atom. The van der Waals surface area contributed by atoms with Crippen LogP contribution < -0.4 is 24.8 Å². The molecule has 176 valence electrons. The Morgan fingerprint density at radius 2 is 1.56 bits per heavy atom. The number of ether oxygens (including phenoxy) is 3. The second kappa shape index (κ2) is 13.7. The number of hydrogen-bond acceptors (Lipinski definition) is 5. The summed E-state index contributed by atoms with van der Waals surface area (Å²) in [6.45, 7) is 3.66. The van der Waals surface area contributed by atoms with Crippen LogP contribution in [0, 0.1) is 0 Å². The molecule has 32 heavy (non-hydrogen) atoms. The van der Waals surface area contributed by atoms with Crippen molar-refractivity contribution < 1.29 is 19.0 Å². The van der Waals surface area contributed by atoms with E-state index in [1.54, 1.807) is 40.3 Å². The summed E-state index contributed by atoms with van der Waals surface area (Å²) in [6, 6.07) is 11.1. The number of benzene rings is 2. The first kappa shape index (κ1) is 27.3. The van der Waals surface area contributed by atoms with Crippen LogP contribution in [0.15, 0.2) is 41.4 Å². The molecule has 0 fully saturated rings. The van der Waals surface area contributed by atoms with Crippen molar-refractivity contribution in [3.63, 3.8) is 0 Å². The first-order valence-corrected chi connectivity index (χ1v) is 10.0. The molecule has 0 aliphatic heterocycles. The van der Waals surface area contributed by atoms with Crippen molar-refractivity contribution in [3.05, 3.63) is 53.1 Å². The first-order chi connectivity index (χ1) is 14.9. The number of rotatable bonds is 9. The van der Waals surface area contributed by atoms with Crippen molar-refractivity contribution in [2.24, 2.45) is 4.99 Å². The number of carbonyl (C=O) groups excluding carboxylic acids is 1. The highest BCUT2D eigenvalue weighted by Crippen LogP contribution is 2.33. The van der Waals surface area contributed by atoms with Gasteiger partial charge in [-0.2, -0.15) is 0 Å². The molecule has 0 bridgehead atoms. The molecule has 0 aliphatic carbocycles. The molecule has 0 unspecified atom stereocenters. The van der Waals surface area contributed by atoms with E-state index in [4.69, 9.17) is 14.2 Å². The highest BCUT2D eigenvalue weighted by atomic mass is 127. The van der Waals surface area contributed by atoms with Crippen LogP contribution in [0.1, 0.15) is 28.4 Å². The molecule has 9 heteroatoms. The molecule has 8 nitrogen and oxygen atoms in total. The van der Waals surface area contributed by atoms with Gasteiger partial charge in [0.15, 0.2) is 5.96 Å². The highest BCUT2D eigenvalue weighted by Gasteiger charge is 2.14. The van der Waals surface area contributed by atoms with Gasteiger partial charge in [0.05, 0.1) is 40.0 Å². The summed E-state index contributed by atoms with van der Waals surface area (Å²) in [6.07, 6.45) is 0. The maximum atomic E-state index is 12.0. The van der Waals surface area contributed by atoms with Crippen LogP contribution in [0.3, 0.4) is 0 Å². The molecule has 2 N–H and O–H groups in total. The lowest BCUT2D eigenvalue weighted by Crippen LogP contribution is -2.37. The van der Waals surface area contributed by atoms with E-state index in [2.05, 4.69) is 15.6 Å². The molecule has 1 amide bonds. The first-order valence-electron chi connectivity index (χ1n) is 10.0. The van der Waals surface area contributed by atoms with E-state index in [0.717, 1.165) is 17.7 Å². The fourth-order valence-corrected chi connectivity index (χ4v) is 2.95. The predicted molar refractivity (Wildman–Crippen MR) is 138 cm³/mol. The van der Waals surface area contributed by atoms with Crippen molar-refractivity contribution in [2.45, 2.75) is 20.0 Å². The Hall–Kier alpha value is -2.69. The largest absolute Gasteiger partial charge is 0.496 e. The van der Waals surface area contributed by atoms with Gasteiger partial charge in [-0.15, -0.1) is 24.0 Å². The van der Waals surface area contributed by atoms with Gasteiger partial charge in [-0.1, -0.05) is 12.1 Å². The molecular weight excluding hydrogens is 523 g/mol. The van der Waals surface area contributed by atoms with Crippen LogP contribution in [0.2, 0.25) is 0 Å². The molecule has 2 aromatic carbocycles. The average molecular weight is 556 g/mol. The number of amides is 1. The quantitative estimate of drug-likeness (QED) is 0.280. The minimum Gasteiger partial charge on any atom is -0.496 e. The summed E-state index contributed by atoms with van der Waals surface area (Å²) in [5.74, 6) is 2.64. The van der Waals surface area contributed by atoms with E-state index < -0.39 is 0 Å². The van der Waals surface area contributed by atoms with E-state index in [1.165, 1.54) is 0 Å². The Kier molecular flexibility index (Phi) is 11.7. The normalized spacial score (nSPS) is 10.6. The third kappa shape index (κ3) is 7.47. The van der Waals surface area contributed by atoms with Gasteiger partial charge in [0, 0.05) is 38.3 Å². The van der Waals surface area contributed by atoms with E-state index in [9.17, 15) is 4.79 Å². The van der Waals surface area contributed by atoms with Gasteiger partial charge in [0.25, 0.3) is 5.91 Å². The van der Waals surface area contributed by atoms with Crippen LogP contribution in [0.5, 0.6) is 17.2 Å². The van der Waals surface area contributed by atoms with Crippen LogP contribution in [0.4, 0.5) is 0 Å². The van der Waals surface area contributed by atoms with E-state index >= 15 is 0 Å². The highest BCUT2D eigenvalue weighted by molar-refractivity contribution is 14.0. The molecule has 0 atom stereocenters. The Balaban J connectivity index is 0.00000512. The minimum atomic E-state index is -0.0209. The molecule has 0 heterocycles. The zero-order valence-electron chi connectivity index (χ0n) is 19.5. The Labute approximate surface area is 207 Å². The van der Waals surface area contributed by atoms with Gasteiger partial charge in [-0.3, -0.25) is 4.79 Å². The average Bonchev–Trinajstić information content (AvgIpc) is 2.79. The van der Waals surface area contributed by atoms with Gasteiger partial charge < -0.3 is 29.7 Å². The predicted octanol–water partition coefficient (Wildman–Crippen LogP) is 3.29. The number of carbonyl (C=O) groups is 1. The SMILES string of the molecule is CCNC(=NCc1ccc(C(=O)N(C)C)cc1)NCc1c(OC)cc(OC)cc1OC.I. The molecule has 0 saturated heterocycles. The lowest BCUT2D eigenvalue weighted by molar-refractivity contribution is 0.0827. The number of nitrogens with zero attached hydrogens (tertiary/aromatic N) is 2. The van der Waals surface area contributed by atoms with Crippen molar-refractivity contribution in [1.82, 2.24) is 15.5 Å². The van der Waals surface area contributed by atoms with E-state index in [1.807, 2.05) is 43.3 Å². The summed E-state index contributed by atoms with van der Waals surface area (Å²) in [5, 5.41) is 6.55. The third-order valence-corrected chi connectivity index (χ3v) is 4.62. The fraction of sp³-hybridized carbons (Fsp3) is 0.391. The molecule has 0 saturated carbocycles. The molecule has 0 aromatic heterocycles. The monoisotopic (exact) mass is 556 g/mol. The number of guanidine groups is 1. The van der Waals surface area contributed by atoms with Crippen LogP contribution in [0.25, 0.3) is 0 Å². The number of aliphatic imine (C=N–C) groups is 1. The zero-order chi connectivity index (χ0) is 22.8. The second-order valence-corrected chi connectivity index (χ2v) is 6.96. The van der Waals surface area contributed by atoms with Gasteiger partial charge in [0.2, 0.25) is 0 Å². The van der Waals surface area contributed by atoms with E-state index in [0.29, 0.717) is 41.9 Å². The van der Waals surface area contributed by atoms with Gasteiger partial charge in [-0.05, 0) is 24.6 Å². The van der Waals surface area contributed by atoms with Crippen molar-refractivity contribution in [3.8, 4) is 17.2 Å². The fourth-order valence-electron chi connectivity index (χ4n) is 2.95. The van der Waals surface area contributed by atoms with Gasteiger partial charge in [-0.25, -0.2) is 4.99 Å². The summed E-state index contributed by atoms with van der Waals surface area (Å²) >= 11 is 0. The zero-order valence-corrected chi connectivity index (χ0v) is 21.9. The van der Waals surface area contributed by atoms with E-state index in [-0.39, 0.29) is 29.9 Å². The lowest BCUT2D eigenvalue weighted by Gasteiger charge is -2.17. The van der Waals surface area contributed by atoms with Crippen molar-refractivity contribution in [2.75, 3.05) is 42.0 Å². The maximum absolute atomic E-state index is 12.0. The maximum Gasteiger partial charge on any atom is 0.253 e. The van der Waals surface area contributed by atoms with Crippen LogP contribution in [-0.2, 0) is 13.1 Å². The molecule has 2 rings (SSSR count). The minimum absolute atomic E-state index is 0. The van der Waals surface area contributed by atoms with Crippen molar-refractivity contribution in [1.29, 1.82) is 0 Å². The number of nitrogens with one attached hydrogen (secondary N) is 2. The van der Waals surface area contributed by atoms with Crippen LogP contribution >= 0.6 is 24.0 Å². The molecule has 0 radical (unpaired) electrons. The Morgan fingerprint density at radius 1 is 0.969 bits per heavy atom. The second-order valence-electron chi connectivity index (χ2n) is 6.96. The number of halogens is 1. The number of methoxy groups -OCH3 is 3. The topological polar surface area (TPSA) is 84.4 Å². The summed E-state index contributed by atoms with van der Waals surface area (Å²) < 4.78 is 16.3. The van der Waals surface area contributed by atoms with Gasteiger partial charge in [0.1, 0.15) is 17.2 Å². The van der Waals surface area contributed by atoms with Gasteiger partial charge >= 0.3 is 0 Å². The molecule has 0 aliphatic rings. The summed E-state index contributed by atoms with van der Waals surface area (Å²) in [5.41, 5.74) is 2.52. The summed E-state index contributed by atoms with van der Waals surface area (Å²) in [7, 11) is 8.30. The number of hydrogen-bond donors (Lipinski definition) is 2.